The molecule has 3 rings (SSSR count). The normalized spacial score (nSPS) is 16.3. The average Bonchev–Trinajstić information content (AvgIpc) is 2.68. The molecular weight excluding hydrogens is 372 g/mol. The van der Waals surface area contributed by atoms with Gasteiger partial charge in [0.05, 0.1) is 17.6 Å². The summed E-state index contributed by atoms with van der Waals surface area (Å²) in [5, 5.41) is 14.6. The monoisotopic (exact) mass is 392 g/mol. The van der Waals surface area contributed by atoms with Gasteiger partial charge in [0.25, 0.3) is 5.91 Å². The maximum Gasteiger partial charge on any atom is 0.311 e. The first-order valence-electron chi connectivity index (χ1n) is 8.44. The second-order valence-corrected chi connectivity index (χ2v) is 5.88. The van der Waals surface area contributed by atoms with Gasteiger partial charge in [0.15, 0.2) is 5.75 Å². The van der Waals surface area contributed by atoms with Crippen LogP contribution >= 0.6 is 12.4 Å². The molecule has 27 heavy (non-hydrogen) atoms. The highest BCUT2D eigenvalue weighted by Gasteiger charge is 2.30. The van der Waals surface area contributed by atoms with Crippen molar-refractivity contribution in [3.8, 4) is 5.75 Å². The van der Waals surface area contributed by atoms with Gasteiger partial charge in [0, 0.05) is 43.7 Å². The molecule has 2 heterocycles. The Morgan fingerprint density at radius 3 is 2.93 bits per heavy atom. The number of nitrogens with one attached hydrogen (secondary N) is 1. The maximum absolute atomic E-state index is 13.0. The topological polar surface area (TPSA) is 97.6 Å². The van der Waals surface area contributed by atoms with Crippen LogP contribution in [0, 0.1) is 10.1 Å². The lowest BCUT2D eigenvalue weighted by Gasteiger charge is -2.36. The number of nitro benzene ring substituents is 1. The summed E-state index contributed by atoms with van der Waals surface area (Å²) in [6.45, 7) is 3.86. The molecule has 1 N–H and O–H groups in total. The summed E-state index contributed by atoms with van der Waals surface area (Å²) in [4.78, 5) is 29.7. The van der Waals surface area contributed by atoms with Crippen molar-refractivity contribution in [2.45, 2.75) is 13.0 Å². The molecule has 0 spiro atoms. The summed E-state index contributed by atoms with van der Waals surface area (Å²) in [7, 11) is 0. The Balaban J connectivity index is 0.00000261. The highest BCUT2D eigenvalue weighted by atomic mass is 35.5. The minimum atomic E-state index is -0.530. The minimum Gasteiger partial charge on any atom is -0.487 e. The van der Waals surface area contributed by atoms with Crippen molar-refractivity contribution in [1.29, 1.82) is 0 Å². The highest BCUT2D eigenvalue weighted by molar-refractivity contribution is 5.95. The summed E-state index contributed by atoms with van der Waals surface area (Å²) >= 11 is 0. The third-order valence-corrected chi connectivity index (χ3v) is 4.28. The van der Waals surface area contributed by atoms with E-state index in [-0.39, 0.29) is 41.4 Å². The van der Waals surface area contributed by atoms with E-state index in [0.717, 1.165) is 5.56 Å². The van der Waals surface area contributed by atoms with Crippen molar-refractivity contribution in [2.75, 3.05) is 26.2 Å². The number of amides is 1. The largest absolute Gasteiger partial charge is 0.487 e. The van der Waals surface area contributed by atoms with Crippen molar-refractivity contribution in [3.63, 3.8) is 0 Å². The Labute approximate surface area is 163 Å². The number of carbonyl (C=O) groups is 1. The molecule has 8 nitrogen and oxygen atoms in total. The molecule has 144 valence electrons. The van der Waals surface area contributed by atoms with Crippen molar-refractivity contribution in [3.05, 3.63) is 64.0 Å². The molecule has 1 amide bonds. The Hall–Kier alpha value is -2.71. The summed E-state index contributed by atoms with van der Waals surface area (Å²) in [6, 6.07) is 7.92. The smallest absolute Gasteiger partial charge is 0.311 e. The lowest BCUT2D eigenvalue weighted by Crippen LogP contribution is -2.48. The molecule has 1 aromatic carbocycles. The van der Waals surface area contributed by atoms with E-state index in [2.05, 4.69) is 10.3 Å². The number of nitrogens with zero attached hydrogens (tertiary/aromatic N) is 3. The van der Waals surface area contributed by atoms with Gasteiger partial charge in [-0.05, 0) is 30.7 Å². The van der Waals surface area contributed by atoms with E-state index in [1.807, 2.05) is 12.1 Å². The van der Waals surface area contributed by atoms with Crippen molar-refractivity contribution in [2.24, 2.45) is 0 Å². The summed E-state index contributed by atoms with van der Waals surface area (Å²) < 4.78 is 5.28. The van der Waals surface area contributed by atoms with Crippen LogP contribution < -0.4 is 10.1 Å². The van der Waals surface area contributed by atoms with Crippen LogP contribution in [0.1, 0.15) is 28.9 Å². The molecule has 2 aromatic rings. The number of pyridine rings is 1. The molecule has 0 radical (unpaired) electrons. The number of benzene rings is 1. The summed E-state index contributed by atoms with van der Waals surface area (Å²) in [5.74, 6) is -0.0790. The Morgan fingerprint density at radius 1 is 1.44 bits per heavy atom. The third kappa shape index (κ3) is 4.53. The predicted octanol–water partition coefficient (Wildman–Crippen LogP) is 2.60. The van der Waals surface area contributed by atoms with Crippen LogP contribution in [-0.4, -0.2) is 47.0 Å². The summed E-state index contributed by atoms with van der Waals surface area (Å²) in [6.07, 6.45) is 3.42. The van der Waals surface area contributed by atoms with Crippen molar-refractivity contribution >= 4 is 24.0 Å². The zero-order valence-electron chi connectivity index (χ0n) is 14.8. The number of hydrogen-bond acceptors (Lipinski definition) is 6. The number of aromatic nitrogens is 1. The number of carbonyl (C=O) groups excluding carboxylic acids is 1. The molecule has 0 bridgehead atoms. The van der Waals surface area contributed by atoms with Crippen LogP contribution in [0.4, 0.5) is 5.69 Å². The van der Waals surface area contributed by atoms with Gasteiger partial charge in [0.2, 0.25) is 0 Å². The molecule has 0 saturated carbocycles. The third-order valence-electron chi connectivity index (χ3n) is 4.28. The van der Waals surface area contributed by atoms with Gasteiger partial charge in [-0.2, -0.15) is 0 Å². The van der Waals surface area contributed by atoms with Crippen LogP contribution in [0.2, 0.25) is 0 Å². The molecule has 1 fully saturated rings. The average molecular weight is 393 g/mol. The van der Waals surface area contributed by atoms with Crippen LogP contribution in [0.3, 0.4) is 0 Å². The van der Waals surface area contributed by atoms with Gasteiger partial charge >= 0.3 is 5.69 Å². The second kappa shape index (κ2) is 9.29. The quantitative estimate of drug-likeness (QED) is 0.620. The highest BCUT2D eigenvalue weighted by Crippen LogP contribution is 2.30. The molecule has 1 unspecified atom stereocenters. The van der Waals surface area contributed by atoms with E-state index < -0.39 is 4.92 Å². The van der Waals surface area contributed by atoms with E-state index in [9.17, 15) is 14.9 Å². The van der Waals surface area contributed by atoms with Gasteiger partial charge in [-0.3, -0.25) is 19.9 Å². The zero-order valence-corrected chi connectivity index (χ0v) is 15.6. The number of piperazine rings is 1. The molecule has 9 heteroatoms. The standard InChI is InChI=1S/C18H20N4O4.ClH/c1-2-26-17-6-5-13(10-15(17)22(24)25)18(23)21-9-8-20-12-16(21)14-4-3-7-19-11-14;/h3-7,10-11,16,20H,2,8-9,12H2,1H3;1H. The van der Waals surface area contributed by atoms with Crippen molar-refractivity contribution < 1.29 is 14.5 Å². The molecule has 1 aliphatic heterocycles. The van der Waals surface area contributed by atoms with E-state index in [4.69, 9.17) is 4.74 Å². The maximum atomic E-state index is 13.0. The molecular formula is C18H21ClN4O4. The fraction of sp³-hybridized carbons (Fsp3) is 0.333. The molecule has 1 aromatic heterocycles. The second-order valence-electron chi connectivity index (χ2n) is 5.88. The first-order chi connectivity index (χ1) is 12.6. The zero-order chi connectivity index (χ0) is 18.5. The van der Waals surface area contributed by atoms with Gasteiger partial charge in [-0.1, -0.05) is 6.07 Å². The Kier molecular flexibility index (Phi) is 7.09. The number of hydrogen-bond donors (Lipinski definition) is 1. The minimum absolute atomic E-state index is 0. The molecule has 0 aliphatic carbocycles. The van der Waals surface area contributed by atoms with E-state index in [1.54, 1.807) is 30.3 Å². The van der Waals surface area contributed by atoms with Crippen LogP contribution in [0.25, 0.3) is 0 Å². The predicted molar refractivity (Wildman–Crippen MR) is 102 cm³/mol. The fourth-order valence-corrected chi connectivity index (χ4v) is 3.05. The van der Waals surface area contributed by atoms with Gasteiger partial charge in [-0.15, -0.1) is 12.4 Å². The number of halogens is 1. The van der Waals surface area contributed by atoms with Crippen LogP contribution in [0.15, 0.2) is 42.7 Å². The van der Waals surface area contributed by atoms with E-state index >= 15 is 0 Å². The first kappa shape index (κ1) is 20.6. The fourth-order valence-electron chi connectivity index (χ4n) is 3.05. The molecule has 1 saturated heterocycles. The number of ether oxygens (including phenoxy) is 1. The Morgan fingerprint density at radius 2 is 2.26 bits per heavy atom. The van der Waals surface area contributed by atoms with Crippen LogP contribution in [0.5, 0.6) is 5.75 Å². The van der Waals surface area contributed by atoms with Gasteiger partial charge < -0.3 is 15.0 Å². The number of rotatable bonds is 5. The van der Waals surface area contributed by atoms with Crippen LogP contribution in [-0.2, 0) is 0 Å². The van der Waals surface area contributed by atoms with E-state index in [1.165, 1.54) is 12.1 Å². The SMILES string of the molecule is CCOc1ccc(C(=O)N2CCNCC2c2cccnc2)cc1[N+](=O)[O-].Cl. The molecule has 1 atom stereocenters. The lowest BCUT2D eigenvalue weighted by molar-refractivity contribution is -0.385. The van der Waals surface area contributed by atoms with Gasteiger partial charge in [0.1, 0.15) is 0 Å². The van der Waals surface area contributed by atoms with Gasteiger partial charge in [-0.25, -0.2) is 0 Å². The van der Waals surface area contributed by atoms with Crippen molar-refractivity contribution in [1.82, 2.24) is 15.2 Å². The lowest BCUT2D eigenvalue weighted by atomic mass is 10.0. The van der Waals surface area contributed by atoms with E-state index in [0.29, 0.717) is 26.2 Å². The summed E-state index contributed by atoms with van der Waals surface area (Å²) in [5.41, 5.74) is 0.996. The first-order valence-corrected chi connectivity index (χ1v) is 8.44. The molecule has 1 aliphatic rings. The Bertz CT molecular complexity index is 803. The number of nitro groups is 1.